The van der Waals surface area contributed by atoms with Crippen LogP contribution in [0, 0.1) is 12.8 Å². The molecule has 128 valence electrons. The van der Waals surface area contributed by atoms with Gasteiger partial charge in [-0.1, -0.05) is 43.0 Å². The van der Waals surface area contributed by atoms with Gasteiger partial charge >= 0.3 is 0 Å². The molecule has 0 spiro atoms. The van der Waals surface area contributed by atoms with E-state index in [1.54, 1.807) is 0 Å². The number of aryl methyl sites for hydroxylation is 1. The van der Waals surface area contributed by atoms with Gasteiger partial charge in [-0.2, -0.15) is 0 Å². The minimum absolute atomic E-state index is 0.635. The topological polar surface area (TPSA) is 41.4 Å². The Kier molecular flexibility index (Phi) is 6.03. The van der Waals surface area contributed by atoms with Gasteiger partial charge in [-0.05, 0) is 50.1 Å². The molecule has 1 heterocycles. The highest BCUT2D eigenvalue weighted by atomic mass is 32.1. The lowest BCUT2D eigenvalue weighted by Crippen LogP contribution is -2.39. The van der Waals surface area contributed by atoms with Crippen molar-refractivity contribution >= 4 is 17.4 Å². The quantitative estimate of drug-likeness (QED) is 0.604. The van der Waals surface area contributed by atoms with Gasteiger partial charge in [0.25, 0.3) is 0 Å². The second-order valence-corrected chi connectivity index (χ2v) is 8.01. The van der Waals surface area contributed by atoms with Crippen LogP contribution >= 0.6 is 11.5 Å². The third-order valence-corrected chi connectivity index (χ3v) is 6.36. The van der Waals surface area contributed by atoms with E-state index in [1.807, 2.05) is 0 Å². The first-order valence-electron chi connectivity index (χ1n) is 9.32. The van der Waals surface area contributed by atoms with E-state index in [9.17, 15) is 0 Å². The zero-order valence-electron chi connectivity index (χ0n) is 14.6. The van der Waals surface area contributed by atoms with E-state index in [0.29, 0.717) is 6.04 Å². The molecule has 1 aromatic rings. The molecular weight excluding hydrogens is 304 g/mol. The van der Waals surface area contributed by atoms with Crippen LogP contribution in [0.25, 0.3) is 0 Å². The third-order valence-electron chi connectivity index (χ3n) is 5.54. The second kappa shape index (κ2) is 8.22. The summed E-state index contributed by atoms with van der Waals surface area (Å²) in [7, 11) is 2.23. The molecule has 2 aliphatic rings. The van der Waals surface area contributed by atoms with Crippen molar-refractivity contribution in [1.82, 2.24) is 14.5 Å². The third kappa shape index (κ3) is 4.31. The number of hydrogen-bond acceptors (Lipinski definition) is 4. The van der Waals surface area contributed by atoms with Crippen LogP contribution in [-0.2, 0) is 0 Å². The van der Waals surface area contributed by atoms with Gasteiger partial charge in [-0.3, -0.25) is 4.99 Å². The lowest BCUT2D eigenvalue weighted by Gasteiger charge is -2.33. The minimum Gasteiger partial charge on any atom is -0.356 e. The first-order chi connectivity index (χ1) is 11.3. The molecule has 0 N–H and O–H groups in total. The van der Waals surface area contributed by atoms with Gasteiger partial charge in [0.15, 0.2) is 0 Å². The fourth-order valence-corrected chi connectivity index (χ4v) is 4.71. The molecule has 1 aromatic heterocycles. The molecule has 0 saturated heterocycles. The van der Waals surface area contributed by atoms with Crippen molar-refractivity contribution in [3.8, 4) is 0 Å². The highest BCUT2D eigenvalue weighted by Gasteiger charge is 2.24. The van der Waals surface area contributed by atoms with Gasteiger partial charge in [-0.25, -0.2) is 0 Å². The Morgan fingerprint density at radius 3 is 2.35 bits per heavy atom. The normalized spacial score (nSPS) is 21.6. The maximum atomic E-state index is 5.10. The van der Waals surface area contributed by atoms with Crippen molar-refractivity contribution in [2.75, 3.05) is 13.6 Å². The molecule has 5 heteroatoms. The van der Waals surface area contributed by atoms with Gasteiger partial charge in [0.05, 0.1) is 5.69 Å². The van der Waals surface area contributed by atoms with E-state index in [2.05, 4.69) is 28.5 Å². The predicted molar refractivity (Wildman–Crippen MR) is 97.3 cm³/mol. The Balaban J connectivity index is 1.76. The molecule has 0 aromatic carbocycles. The van der Waals surface area contributed by atoms with E-state index in [1.165, 1.54) is 80.6 Å². The molecule has 0 aliphatic heterocycles. The molecule has 4 nitrogen and oxygen atoms in total. The van der Waals surface area contributed by atoms with Gasteiger partial charge in [0, 0.05) is 19.6 Å². The summed E-state index contributed by atoms with van der Waals surface area (Å²) in [6.45, 7) is 3.04. The van der Waals surface area contributed by atoms with Crippen LogP contribution in [0.15, 0.2) is 4.99 Å². The molecule has 3 rings (SSSR count). The number of hydrogen-bond donors (Lipinski definition) is 0. The Morgan fingerprint density at radius 1 is 1.09 bits per heavy atom. The average molecular weight is 335 g/mol. The Bertz CT molecular complexity index is 513. The highest BCUT2D eigenvalue weighted by molar-refractivity contribution is 7.08. The molecule has 0 atom stereocenters. The number of aromatic nitrogens is 2. The van der Waals surface area contributed by atoms with Crippen molar-refractivity contribution in [2.24, 2.45) is 10.9 Å². The largest absolute Gasteiger partial charge is 0.356 e. The monoisotopic (exact) mass is 334 g/mol. The lowest BCUT2D eigenvalue weighted by atomic mass is 9.89. The zero-order valence-corrected chi connectivity index (χ0v) is 15.4. The van der Waals surface area contributed by atoms with Crippen molar-refractivity contribution < 1.29 is 0 Å². The van der Waals surface area contributed by atoms with Crippen LogP contribution in [0.4, 0.5) is 0 Å². The molecule has 0 bridgehead atoms. The predicted octanol–water partition coefficient (Wildman–Crippen LogP) is 4.44. The Morgan fingerprint density at radius 2 is 1.74 bits per heavy atom. The summed E-state index contributed by atoms with van der Waals surface area (Å²) in [5.74, 6) is 1.93. The summed E-state index contributed by atoms with van der Waals surface area (Å²) >= 11 is 1.50. The smallest absolute Gasteiger partial charge is 0.144 e. The number of nitrogens with zero attached hydrogens (tertiary/aromatic N) is 4. The molecule has 0 unspecified atom stereocenters. The lowest BCUT2D eigenvalue weighted by molar-refractivity contribution is 0.277. The molecule has 2 fully saturated rings. The van der Waals surface area contributed by atoms with E-state index in [0.717, 1.165) is 24.0 Å². The fraction of sp³-hybridized carbons (Fsp3) is 0.833. The summed E-state index contributed by atoms with van der Waals surface area (Å²) in [6, 6.07) is 0.635. The van der Waals surface area contributed by atoms with Gasteiger partial charge < -0.3 is 4.90 Å². The van der Waals surface area contributed by atoms with Crippen molar-refractivity contribution in [1.29, 1.82) is 0 Å². The van der Waals surface area contributed by atoms with Crippen molar-refractivity contribution in [2.45, 2.75) is 77.2 Å². The summed E-state index contributed by atoms with van der Waals surface area (Å²) in [6.07, 6.45) is 13.6. The number of amidine groups is 1. The molecular formula is C18H30N4S. The average Bonchev–Trinajstić information content (AvgIpc) is 3.02. The molecule has 2 aliphatic carbocycles. The van der Waals surface area contributed by atoms with Gasteiger partial charge in [0.2, 0.25) is 0 Å². The van der Waals surface area contributed by atoms with Gasteiger partial charge in [-0.15, -0.1) is 5.10 Å². The fourth-order valence-electron chi connectivity index (χ4n) is 4.01. The summed E-state index contributed by atoms with van der Waals surface area (Å²) in [5.41, 5.74) is 1.03. The van der Waals surface area contributed by atoms with Gasteiger partial charge in [0.1, 0.15) is 10.7 Å². The van der Waals surface area contributed by atoms with Crippen molar-refractivity contribution in [3.63, 3.8) is 0 Å². The molecule has 23 heavy (non-hydrogen) atoms. The van der Waals surface area contributed by atoms with Crippen LogP contribution < -0.4 is 0 Å². The highest BCUT2D eigenvalue weighted by Crippen LogP contribution is 2.27. The maximum Gasteiger partial charge on any atom is 0.144 e. The summed E-state index contributed by atoms with van der Waals surface area (Å²) in [4.78, 5) is 8.71. The van der Waals surface area contributed by atoms with Crippen LogP contribution in [0.2, 0.25) is 0 Å². The van der Waals surface area contributed by atoms with E-state index in [-0.39, 0.29) is 0 Å². The maximum absolute atomic E-state index is 5.10. The molecule has 2 saturated carbocycles. The zero-order chi connectivity index (χ0) is 16.1. The Labute approximate surface area is 144 Å². The first kappa shape index (κ1) is 16.9. The van der Waals surface area contributed by atoms with Crippen LogP contribution in [-0.4, -0.2) is 40.0 Å². The van der Waals surface area contributed by atoms with E-state index >= 15 is 0 Å². The summed E-state index contributed by atoms with van der Waals surface area (Å²) in [5, 5.41) is 4.22. The van der Waals surface area contributed by atoms with Crippen LogP contribution in [0.5, 0.6) is 0 Å². The number of aliphatic imine (C=N–C) groups is 1. The number of rotatable bonds is 4. The van der Waals surface area contributed by atoms with E-state index in [4.69, 9.17) is 4.99 Å². The molecule has 0 amide bonds. The standard InChI is InChI=1S/C18H30N4S/c1-14-17(23-21-20-14)18(19-13-15-9-5-3-6-10-15)22(2)16-11-7-4-8-12-16/h15-16H,3-13H2,1-2H3. The second-order valence-electron chi connectivity index (χ2n) is 7.26. The van der Waals surface area contributed by atoms with Crippen LogP contribution in [0.3, 0.4) is 0 Å². The SMILES string of the molecule is Cc1nnsc1C(=NCC1CCCCC1)N(C)C1CCCCC1. The first-order valence-corrected chi connectivity index (χ1v) is 10.1. The summed E-state index contributed by atoms with van der Waals surface area (Å²) < 4.78 is 4.15. The van der Waals surface area contributed by atoms with Crippen LogP contribution in [0.1, 0.15) is 74.8 Å². The van der Waals surface area contributed by atoms with E-state index < -0.39 is 0 Å². The van der Waals surface area contributed by atoms with Crippen molar-refractivity contribution in [3.05, 3.63) is 10.6 Å². The Hall–Kier alpha value is -0.970. The minimum atomic E-state index is 0.635. The molecule has 0 radical (unpaired) electrons.